The monoisotopic (exact) mass is 549 g/mol. The second kappa shape index (κ2) is 12.4. The van der Waals surface area contributed by atoms with E-state index in [1.54, 1.807) is 20.8 Å². The van der Waals surface area contributed by atoms with Crippen molar-refractivity contribution < 1.29 is 19.4 Å². The first-order valence-electron chi connectivity index (χ1n) is 14.0. The summed E-state index contributed by atoms with van der Waals surface area (Å²) < 4.78 is 5.28. The number of carbonyl (C=O) groups is 2. The molecule has 0 aliphatic heterocycles. The molecule has 0 aliphatic rings. The number of rotatable bonds is 9. The van der Waals surface area contributed by atoms with Gasteiger partial charge in [0.15, 0.2) is 0 Å². The number of carbonyl (C=O) groups excluding carboxylic acids is 1. The van der Waals surface area contributed by atoms with Crippen molar-refractivity contribution in [1.82, 2.24) is 5.32 Å². The third-order valence-corrected chi connectivity index (χ3v) is 7.42. The van der Waals surface area contributed by atoms with Gasteiger partial charge < -0.3 is 15.2 Å². The molecule has 0 saturated heterocycles. The topological polar surface area (TPSA) is 75.6 Å². The normalized spacial score (nSPS) is 12.4. The summed E-state index contributed by atoms with van der Waals surface area (Å²) in [6, 6.07) is 35.0. The molecule has 1 amide bonds. The summed E-state index contributed by atoms with van der Waals surface area (Å²) in [6.45, 7) is 9.40. The van der Waals surface area contributed by atoms with Crippen LogP contribution in [-0.4, -0.2) is 28.8 Å². The van der Waals surface area contributed by atoms with Gasteiger partial charge in [-0.3, -0.25) is 0 Å². The van der Waals surface area contributed by atoms with Crippen molar-refractivity contribution in [2.24, 2.45) is 0 Å². The first-order chi connectivity index (χ1) is 19.5. The average molecular weight is 550 g/mol. The fourth-order valence-electron chi connectivity index (χ4n) is 5.66. The van der Waals surface area contributed by atoms with Gasteiger partial charge in [0, 0.05) is 0 Å². The summed E-state index contributed by atoms with van der Waals surface area (Å²) in [5.74, 6) is -1.08. The van der Waals surface area contributed by atoms with Gasteiger partial charge in [-0.15, -0.1) is 0 Å². The Hall–Kier alpha value is -4.38. The Morgan fingerprint density at radius 2 is 1.15 bits per heavy atom. The van der Waals surface area contributed by atoms with Crippen LogP contribution in [0.4, 0.5) is 4.79 Å². The molecule has 0 spiro atoms. The Morgan fingerprint density at radius 1 is 0.732 bits per heavy atom. The SMILES string of the molecule is Cc1cc(C(c2ccccc2)(c2ccccc2)c2ccccc2)cc(C)c1CCC(NC(=O)OC(C)(C)C)C(=O)O. The molecule has 212 valence electrons. The number of hydrogen-bond donors (Lipinski definition) is 2. The molecule has 0 fully saturated rings. The first-order valence-corrected chi connectivity index (χ1v) is 14.0. The number of nitrogens with one attached hydrogen (secondary N) is 1. The van der Waals surface area contributed by atoms with Crippen molar-refractivity contribution in [2.45, 2.75) is 64.5 Å². The lowest BCUT2D eigenvalue weighted by Crippen LogP contribution is -2.43. The molecule has 0 heterocycles. The van der Waals surface area contributed by atoms with Crippen molar-refractivity contribution >= 4 is 12.1 Å². The van der Waals surface area contributed by atoms with Crippen LogP contribution in [0.3, 0.4) is 0 Å². The highest BCUT2D eigenvalue weighted by atomic mass is 16.6. The van der Waals surface area contributed by atoms with Crippen LogP contribution < -0.4 is 5.32 Å². The summed E-state index contributed by atoms with van der Waals surface area (Å²) in [4.78, 5) is 24.3. The highest BCUT2D eigenvalue weighted by Gasteiger charge is 2.38. The minimum absolute atomic E-state index is 0.247. The largest absolute Gasteiger partial charge is 0.480 e. The Balaban J connectivity index is 1.77. The number of aliphatic carboxylic acids is 1. The number of carboxylic acid groups (broad SMARTS) is 1. The maximum absolute atomic E-state index is 12.3. The number of hydrogen-bond acceptors (Lipinski definition) is 3. The Bertz CT molecular complexity index is 1360. The van der Waals surface area contributed by atoms with E-state index < -0.39 is 29.1 Å². The first kappa shape index (κ1) is 29.6. The molecule has 4 rings (SSSR count). The van der Waals surface area contributed by atoms with E-state index in [4.69, 9.17) is 4.74 Å². The number of amides is 1. The third kappa shape index (κ3) is 6.68. The van der Waals surface area contributed by atoms with Crippen LogP contribution in [0, 0.1) is 13.8 Å². The molecule has 1 unspecified atom stereocenters. The molecule has 4 aromatic carbocycles. The van der Waals surface area contributed by atoms with E-state index in [2.05, 4.69) is 104 Å². The summed E-state index contributed by atoms with van der Waals surface area (Å²) in [7, 11) is 0. The molecule has 5 heteroatoms. The van der Waals surface area contributed by atoms with Gasteiger partial charge in [-0.25, -0.2) is 9.59 Å². The molecule has 2 N–H and O–H groups in total. The maximum atomic E-state index is 12.3. The number of ether oxygens (including phenoxy) is 1. The van der Waals surface area contributed by atoms with Crippen molar-refractivity contribution in [3.63, 3.8) is 0 Å². The second-order valence-corrected chi connectivity index (χ2v) is 11.5. The van der Waals surface area contributed by atoms with Crippen molar-refractivity contribution in [1.29, 1.82) is 0 Å². The van der Waals surface area contributed by atoms with Gasteiger partial charge in [-0.05, 0) is 86.4 Å². The number of benzene rings is 4. The molecule has 0 radical (unpaired) electrons. The molecule has 5 nitrogen and oxygen atoms in total. The van der Waals surface area contributed by atoms with Crippen molar-refractivity contribution in [2.75, 3.05) is 0 Å². The molecule has 4 aromatic rings. The number of carboxylic acids is 1. The van der Waals surface area contributed by atoms with E-state index in [-0.39, 0.29) is 6.42 Å². The van der Waals surface area contributed by atoms with Gasteiger partial charge in [0.05, 0.1) is 5.41 Å². The fourth-order valence-corrected chi connectivity index (χ4v) is 5.66. The van der Waals surface area contributed by atoms with Gasteiger partial charge in [-0.2, -0.15) is 0 Å². The molecule has 0 bridgehead atoms. The van der Waals surface area contributed by atoms with E-state index in [9.17, 15) is 14.7 Å². The van der Waals surface area contributed by atoms with E-state index in [0.29, 0.717) is 6.42 Å². The minimum atomic E-state index is -1.08. The Morgan fingerprint density at radius 3 is 1.51 bits per heavy atom. The van der Waals surface area contributed by atoms with Crippen LogP contribution in [0.15, 0.2) is 103 Å². The van der Waals surface area contributed by atoms with Crippen LogP contribution in [0.2, 0.25) is 0 Å². The van der Waals surface area contributed by atoms with Crippen molar-refractivity contribution in [3.05, 3.63) is 142 Å². The van der Waals surface area contributed by atoms with Crippen LogP contribution in [-0.2, 0) is 21.4 Å². The summed E-state index contributed by atoms with van der Waals surface area (Å²) in [5.41, 5.74) is 6.60. The molecule has 0 aromatic heterocycles. The number of alkyl carbamates (subject to hydrolysis) is 1. The lowest BCUT2D eigenvalue weighted by atomic mass is 9.64. The van der Waals surface area contributed by atoms with Crippen LogP contribution in [0.5, 0.6) is 0 Å². The van der Waals surface area contributed by atoms with E-state index in [1.807, 2.05) is 18.2 Å². The average Bonchev–Trinajstić information content (AvgIpc) is 2.93. The lowest BCUT2D eigenvalue weighted by Gasteiger charge is -2.37. The van der Waals surface area contributed by atoms with Gasteiger partial charge in [-0.1, -0.05) is 103 Å². The Kier molecular flexibility index (Phi) is 8.97. The molecular weight excluding hydrogens is 510 g/mol. The molecule has 0 saturated carbocycles. The summed E-state index contributed by atoms with van der Waals surface area (Å²) in [5, 5.41) is 12.3. The smallest absolute Gasteiger partial charge is 0.408 e. The van der Waals surface area contributed by atoms with Crippen LogP contribution in [0.25, 0.3) is 0 Å². The zero-order valence-electron chi connectivity index (χ0n) is 24.5. The molecule has 41 heavy (non-hydrogen) atoms. The zero-order valence-corrected chi connectivity index (χ0v) is 24.5. The molecule has 0 aliphatic carbocycles. The maximum Gasteiger partial charge on any atom is 0.408 e. The highest BCUT2D eigenvalue weighted by Crippen LogP contribution is 2.46. The standard InChI is InChI=1S/C36H39NO4/c1-25-23-30(24-26(2)31(25)21-22-32(33(38)39)37-34(40)41-35(3,4)5)36(27-15-9-6-10-16-27,28-17-11-7-12-18-28)29-19-13-8-14-20-29/h6-20,23-24,32H,21-22H2,1-5H3,(H,37,40)(H,38,39). The van der Waals surface area contributed by atoms with Crippen LogP contribution >= 0.6 is 0 Å². The zero-order chi connectivity index (χ0) is 29.6. The highest BCUT2D eigenvalue weighted by molar-refractivity contribution is 5.80. The van der Waals surface area contributed by atoms with Gasteiger partial charge in [0.25, 0.3) is 0 Å². The van der Waals surface area contributed by atoms with Gasteiger partial charge in [0.1, 0.15) is 11.6 Å². The van der Waals surface area contributed by atoms with Crippen LogP contribution in [0.1, 0.15) is 66.1 Å². The summed E-state index contributed by atoms with van der Waals surface area (Å²) in [6.07, 6.45) is 0.0170. The third-order valence-electron chi connectivity index (χ3n) is 7.42. The van der Waals surface area contributed by atoms with E-state index >= 15 is 0 Å². The Labute approximate surface area is 243 Å². The van der Waals surface area contributed by atoms with E-state index in [0.717, 1.165) is 38.9 Å². The van der Waals surface area contributed by atoms with Gasteiger partial charge in [0.2, 0.25) is 0 Å². The van der Waals surface area contributed by atoms with Crippen molar-refractivity contribution in [3.8, 4) is 0 Å². The quantitative estimate of drug-likeness (QED) is 0.211. The molecular formula is C36H39NO4. The second-order valence-electron chi connectivity index (χ2n) is 11.5. The van der Waals surface area contributed by atoms with Gasteiger partial charge >= 0.3 is 12.1 Å². The minimum Gasteiger partial charge on any atom is -0.480 e. The predicted octanol–water partition coefficient (Wildman–Crippen LogP) is 7.60. The molecule has 1 atom stereocenters. The van der Waals surface area contributed by atoms with E-state index in [1.165, 1.54) is 0 Å². The lowest BCUT2D eigenvalue weighted by molar-refractivity contribution is -0.139. The predicted molar refractivity (Wildman–Crippen MR) is 163 cm³/mol. The summed E-state index contributed by atoms with van der Waals surface area (Å²) >= 11 is 0. The number of aryl methyl sites for hydroxylation is 2. The fraction of sp³-hybridized carbons (Fsp3) is 0.278.